The number of hydrogen-bond donors (Lipinski definition) is 2. The molecule has 0 amide bonds. The van der Waals surface area contributed by atoms with Crippen molar-refractivity contribution in [2.45, 2.75) is 6.92 Å². The zero-order valence-electron chi connectivity index (χ0n) is 6.94. The highest BCUT2D eigenvalue weighted by Gasteiger charge is 2.21. The van der Waals surface area contributed by atoms with Gasteiger partial charge < -0.3 is 0 Å². The molecular weight excluding hydrogens is 172 g/mol. The molecule has 0 radical (unpaired) electrons. The summed E-state index contributed by atoms with van der Waals surface area (Å²) in [5, 5.41) is 4.52. The highest BCUT2D eigenvalue weighted by atomic mass is 32.1. The maximum Gasteiger partial charge on any atom is 0.123 e. The van der Waals surface area contributed by atoms with E-state index in [1.807, 2.05) is 36.3 Å². The first kappa shape index (κ1) is 7.70. The van der Waals surface area contributed by atoms with Crippen LogP contribution in [-0.4, -0.2) is 22.9 Å². The summed E-state index contributed by atoms with van der Waals surface area (Å²) in [5.74, 6) is 0.901. The molecule has 2 heterocycles. The van der Waals surface area contributed by atoms with E-state index in [1.54, 1.807) is 0 Å². The number of allylic oxidation sites excluding steroid dienone is 1. The Balaban J connectivity index is 2.37. The van der Waals surface area contributed by atoms with Gasteiger partial charge in [-0.05, 0) is 13.0 Å². The van der Waals surface area contributed by atoms with E-state index >= 15 is 0 Å². The standard InChI is InChI=1S/C7H10N4S/c1-5-8-7(12)3-6-4-10(2)9-11(5)6/h3-4,9,12H,1-2H3. The smallest absolute Gasteiger partial charge is 0.123 e. The van der Waals surface area contributed by atoms with Crippen LogP contribution < -0.4 is 5.53 Å². The average molecular weight is 182 g/mol. The first-order valence-corrected chi connectivity index (χ1v) is 4.08. The zero-order valence-corrected chi connectivity index (χ0v) is 7.84. The molecule has 12 heavy (non-hydrogen) atoms. The highest BCUT2D eigenvalue weighted by Crippen LogP contribution is 2.21. The minimum absolute atomic E-state index is 0.743. The van der Waals surface area contributed by atoms with Gasteiger partial charge in [-0.3, -0.25) is 5.01 Å². The largest absolute Gasteiger partial charge is 0.299 e. The van der Waals surface area contributed by atoms with Crippen molar-refractivity contribution in [2.24, 2.45) is 4.99 Å². The lowest BCUT2D eigenvalue weighted by molar-refractivity contribution is 0.226. The van der Waals surface area contributed by atoms with Crippen molar-refractivity contribution < 1.29 is 0 Å². The van der Waals surface area contributed by atoms with Crippen molar-refractivity contribution in [2.75, 3.05) is 7.05 Å². The van der Waals surface area contributed by atoms with Gasteiger partial charge in [0.1, 0.15) is 5.84 Å². The van der Waals surface area contributed by atoms with E-state index in [1.165, 1.54) is 0 Å². The molecule has 0 unspecified atom stereocenters. The number of nitrogens with one attached hydrogen (secondary N) is 1. The van der Waals surface area contributed by atoms with Crippen LogP contribution in [0, 0.1) is 0 Å². The minimum atomic E-state index is 0.743. The van der Waals surface area contributed by atoms with E-state index in [-0.39, 0.29) is 0 Å². The zero-order chi connectivity index (χ0) is 8.72. The van der Waals surface area contributed by atoms with E-state index < -0.39 is 0 Å². The molecule has 0 atom stereocenters. The van der Waals surface area contributed by atoms with E-state index in [4.69, 9.17) is 0 Å². The van der Waals surface area contributed by atoms with Crippen LogP contribution in [0.4, 0.5) is 0 Å². The molecule has 2 aliphatic rings. The Hall–Kier alpha value is -0.940. The predicted octanol–water partition coefficient (Wildman–Crippen LogP) is 0.698. The van der Waals surface area contributed by atoms with Crippen molar-refractivity contribution in [3.63, 3.8) is 0 Å². The number of rotatable bonds is 0. The summed E-state index contributed by atoms with van der Waals surface area (Å²) in [4.78, 5) is 4.20. The van der Waals surface area contributed by atoms with E-state index in [2.05, 4.69) is 23.2 Å². The number of fused-ring (bicyclic) bond motifs is 1. The van der Waals surface area contributed by atoms with Crippen LogP contribution in [0.2, 0.25) is 0 Å². The fourth-order valence-corrected chi connectivity index (χ4v) is 1.52. The van der Waals surface area contributed by atoms with E-state index in [0.717, 1.165) is 16.6 Å². The van der Waals surface area contributed by atoms with Crippen LogP contribution in [0.3, 0.4) is 0 Å². The molecule has 0 fully saturated rings. The summed E-state index contributed by atoms with van der Waals surface area (Å²) in [5.41, 5.74) is 4.16. The Labute approximate surface area is 76.6 Å². The third-order valence-corrected chi connectivity index (χ3v) is 1.95. The Bertz CT molecular complexity index is 305. The van der Waals surface area contributed by atoms with Crippen LogP contribution in [0.25, 0.3) is 0 Å². The summed E-state index contributed by atoms with van der Waals surface area (Å²) in [6.07, 6.45) is 3.89. The van der Waals surface area contributed by atoms with Gasteiger partial charge in [-0.25, -0.2) is 10.0 Å². The lowest BCUT2D eigenvalue weighted by Gasteiger charge is -2.23. The second-order valence-corrected chi connectivity index (χ2v) is 3.22. The third-order valence-electron chi connectivity index (χ3n) is 1.72. The van der Waals surface area contributed by atoms with Crippen LogP contribution in [0.15, 0.2) is 28.0 Å². The summed E-state index contributed by atoms with van der Waals surface area (Å²) in [6.45, 7) is 1.93. The van der Waals surface area contributed by atoms with Crippen molar-refractivity contribution in [3.8, 4) is 0 Å². The van der Waals surface area contributed by atoms with Gasteiger partial charge in [-0.1, -0.05) is 0 Å². The second kappa shape index (κ2) is 2.53. The summed E-state index contributed by atoms with van der Waals surface area (Å²) >= 11 is 4.19. The average Bonchev–Trinajstić information content (AvgIpc) is 2.29. The van der Waals surface area contributed by atoms with Gasteiger partial charge in [-0.15, -0.1) is 18.2 Å². The van der Waals surface area contributed by atoms with Crippen LogP contribution in [0.5, 0.6) is 0 Å². The number of hydrogen-bond acceptors (Lipinski definition) is 5. The molecule has 0 aromatic rings. The van der Waals surface area contributed by atoms with Gasteiger partial charge in [0, 0.05) is 13.2 Å². The van der Waals surface area contributed by atoms with Crippen molar-refractivity contribution in [1.29, 1.82) is 0 Å². The highest BCUT2D eigenvalue weighted by molar-refractivity contribution is 7.84. The molecule has 0 saturated heterocycles. The molecule has 0 spiro atoms. The van der Waals surface area contributed by atoms with Gasteiger partial charge >= 0.3 is 0 Å². The number of aliphatic imine (C=N–C) groups is 1. The molecule has 0 bridgehead atoms. The fraction of sp³-hybridized carbons (Fsp3) is 0.286. The Kier molecular flexibility index (Phi) is 1.62. The summed E-state index contributed by atoms with van der Waals surface area (Å²) < 4.78 is 0. The molecule has 2 rings (SSSR count). The molecule has 64 valence electrons. The molecule has 0 aromatic carbocycles. The van der Waals surface area contributed by atoms with Gasteiger partial charge in [0.25, 0.3) is 0 Å². The van der Waals surface area contributed by atoms with E-state index in [0.29, 0.717) is 0 Å². The number of nitrogens with zero attached hydrogens (tertiary/aromatic N) is 3. The second-order valence-electron chi connectivity index (χ2n) is 2.76. The number of hydrazine groups is 2. The van der Waals surface area contributed by atoms with E-state index in [9.17, 15) is 0 Å². The van der Waals surface area contributed by atoms with Crippen LogP contribution in [0.1, 0.15) is 6.92 Å². The molecule has 0 aliphatic carbocycles. The van der Waals surface area contributed by atoms with Gasteiger partial charge in [0.2, 0.25) is 0 Å². The number of thiol groups is 1. The van der Waals surface area contributed by atoms with Crippen molar-refractivity contribution in [1.82, 2.24) is 15.6 Å². The first-order chi connectivity index (χ1) is 5.66. The molecule has 2 aliphatic heterocycles. The fourth-order valence-electron chi connectivity index (χ4n) is 1.24. The van der Waals surface area contributed by atoms with Crippen molar-refractivity contribution in [3.05, 3.63) is 23.0 Å². The molecule has 1 N–H and O–H groups in total. The summed E-state index contributed by atoms with van der Waals surface area (Å²) in [6, 6.07) is 0. The summed E-state index contributed by atoms with van der Waals surface area (Å²) in [7, 11) is 1.94. The van der Waals surface area contributed by atoms with Gasteiger partial charge in [-0.2, -0.15) is 0 Å². The van der Waals surface area contributed by atoms with Gasteiger partial charge in [0.05, 0.1) is 10.7 Å². The predicted molar refractivity (Wildman–Crippen MR) is 51.0 cm³/mol. The Morgan fingerprint density at radius 3 is 3.08 bits per heavy atom. The maximum atomic E-state index is 4.20. The quantitative estimate of drug-likeness (QED) is 0.541. The molecule has 0 aromatic heterocycles. The lowest BCUT2D eigenvalue weighted by atomic mass is 10.4. The third kappa shape index (κ3) is 1.11. The molecule has 4 nitrogen and oxygen atoms in total. The van der Waals surface area contributed by atoms with Crippen molar-refractivity contribution >= 4 is 18.5 Å². The monoisotopic (exact) mass is 182 g/mol. The topological polar surface area (TPSA) is 30.9 Å². The van der Waals surface area contributed by atoms with Crippen LogP contribution in [-0.2, 0) is 0 Å². The maximum absolute atomic E-state index is 4.20. The van der Waals surface area contributed by atoms with Crippen LogP contribution >= 0.6 is 12.6 Å². The lowest BCUT2D eigenvalue weighted by Crippen LogP contribution is -2.42. The minimum Gasteiger partial charge on any atom is -0.299 e. The number of amidine groups is 1. The normalized spacial score (nSPS) is 21.8. The Morgan fingerprint density at radius 2 is 2.33 bits per heavy atom. The molecular formula is C7H10N4S. The SMILES string of the molecule is CC1=NC(S)=CC2=CN(C)NN21. The van der Waals surface area contributed by atoms with Gasteiger partial charge in [0.15, 0.2) is 0 Å². The first-order valence-electron chi connectivity index (χ1n) is 3.64. The molecule has 5 heteroatoms. The molecule has 0 saturated carbocycles. The Morgan fingerprint density at radius 1 is 1.58 bits per heavy atom.